The topological polar surface area (TPSA) is 103 Å². The van der Waals surface area contributed by atoms with Crippen LogP contribution in [0.15, 0.2) is 40.3 Å². The molecule has 0 saturated heterocycles. The van der Waals surface area contributed by atoms with E-state index in [1.165, 1.54) is 7.11 Å². The van der Waals surface area contributed by atoms with Crippen molar-refractivity contribution in [1.82, 2.24) is 0 Å². The van der Waals surface area contributed by atoms with Gasteiger partial charge in [-0.3, -0.25) is 0 Å². The van der Waals surface area contributed by atoms with Gasteiger partial charge in [-0.1, -0.05) is 74.4 Å². The third-order valence-electron chi connectivity index (χ3n) is 11.3. The Bertz CT molecular complexity index is 1480. The molecule has 0 radical (unpaired) electrons. The van der Waals surface area contributed by atoms with Crippen molar-refractivity contribution < 1.29 is 41.8 Å². The van der Waals surface area contributed by atoms with Crippen LogP contribution in [0.1, 0.15) is 116 Å². The molecule has 0 amide bonds. The van der Waals surface area contributed by atoms with E-state index >= 15 is 0 Å². The molecule has 1 aromatic heterocycles. The number of esters is 2. The van der Waals surface area contributed by atoms with E-state index < -0.39 is 28.6 Å². The van der Waals surface area contributed by atoms with Crippen molar-refractivity contribution in [1.29, 1.82) is 0 Å². The smallest absolute Gasteiger partial charge is 0.341 e. The van der Waals surface area contributed by atoms with Crippen molar-refractivity contribution in [2.24, 2.45) is 5.92 Å². The third kappa shape index (κ3) is 9.69. The van der Waals surface area contributed by atoms with Crippen LogP contribution in [-0.4, -0.2) is 68.2 Å². The van der Waals surface area contributed by atoms with Crippen LogP contribution in [0.5, 0.6) is 5.75 Å². The molecule has 1 aliphatic carbocycles. The zero-order valence-corrected chi connectivity index (χ0v) is 36.5. The maximum atomic E-state index is 13.5. The van der Waals surface area contributed by atoms with Crippen molar-refractivity contribution in [3.63, 3.8) is 0 Å². The van der Waals surface area contributed by atoms with Crippen LogP contribution in [0.2, 0.25) is 34.8 Å². The molecule has 4 atom stereocenters. The van der Waals surface area contributed by atoms with Gasteiger partial charge in [-0.15, -0.1) is 0 Å². The minimum atomic E-state index is -2.45. The number of carbonyl (C=O) groups excluding carboxylic acids is 2. The molecule has 0 aliphatic heterocycles. The first-order valence-corrected chi connectivity index (χ1v) is 23.9. The molecule has 1 fully saturated rings. The zero-order chi connectivity index (χ0) is 39.2. The summed E-state index contributed by atoms with van der Waals surface area (Å²) in [6, 6.07) is 9.54. The number of ether oxygens (including phenoxy) is 4. The van der Waals surface area contributed by atoms with Gasteiger partial charge in [0.15, 0.2) is 8.32 Å². The van der Waals surface area contributed by atoms with Crippen molar-refractivity contribution in [3.8, 4) is 5.75 Å². The van der Waals surface area contributed by atoms with Crippen molar-refractivity contribution >= 4 is 34.6 Å². The lowest BCUT2D eigenvalue weighted by Crippen LogP contribution is -2.65. The second-order valence-corrected chi connectivity index (χ2v) is 26.8. The van der Waals surface area contributed by atoms with Crippen molar-refractivity contribution in [3.05, 3.63) is 58.6 Å². The van der Waals surface area contributed by atoms with Crippen LogP contribution < -0.4 is 4.74 Å². The summed E-state index contributed by atoms with van der Waals surface area (Å²) in [5.74, 6) is 0.327. The predicted octanol–water partition coefficient (Wildman–Crippen LogP) is 10.3. The molecule has 1 aromatic carbocycles. The highest BCUT2D eigenvalue weighted by atomic mass is 28.4. The highest BCUT2D eigenvalue weighted by Crippen LogP contribution is 2.56. The molecule has 52 heavy (non-hydrogen) atoms. The van der Waals surface area contributed by atoms with E-state index in [1.807, 2.05) is 24.3 Å². The largest absolute Gasteiger partial charge is 0.497 e. The van der Waals surface area contributed by atoms with Gasteiger partial charge in [0, 0.05) is 18.1 Å². The van der Waals surface area contributed by atoms with Gasteiger partial charge < -0.3 is 32.2 Å². The maximum absolute atomic E-state index is 13.5. The summed E-state index contributed by atoms with van der Waals surface area (Å²) in [6.07, 6.45) is 1.68. The number of benzene rings is 1. The van der Waals surface area contributed by atoms with E-state index in [0.29, 0.717) is 58.9 Å². The Balaban J connectivity index is 2.18. The van der Waals surface area contributed by atoms with E-state index in [2.05, 4.69) is 75.4 Å². The van der Waals surface area contributed by atoms with Gasteiger partial charge >= 0.3 is 11.9 Å². The summed E-state index contributed by atoms with van der Waals surface area (Å²) in [5.41, 5.74) is 2.73. The van der Waals surface area contributed by atoms with Gasteiger partial charge in [-0.25, -0.2) is 9.59 Å². The zero-order valence-electron chi connectivity index (χ0n) is 34.5. The molecule has 9 nitrogen and oxygen atoms in total. The molecular formula is C41H66O9Si2. The lowest BCUT2D eigenvalue weighted by molar-refractivity contribution is -0.138. The van der Waals surface area contributed by atoms with Crippen LogP contribution in [0.4, 0.5) is 0 Å². The number of rotatable bonds is 18. The first-order valence-electron chi connectivity index (χ1n) is 18.9. The minimum Gasteiger partial charge on any atom is -0.497 e. The highest BCUT2D eigenvalue weighted by molar-refractivity contribution is 6.77. The SMILES string of the molecule is CCOC(=O)/C(C)=C/c1cc(C(=O)OC)c([C@@H]2[C@@H](CCOCc3ccc(OC)cc3)[C@@H](O[Si](C)(C)C(C)(C)C)[C@@H]2O[Si](C(C)C)(C(C)C)C(C)C)o1. The van der Waals surface area contributed by atoms with Crippen molar-refractivity contribution in [2.75, 3.05) is 27.4 Å². The summed E-state index contributed by atoms with van der Waals surface area (Å²) < 4.78 is 43.7. The van der Waals surface area contributed by atoms with E-state index in [9.17, 15) is 9.59 Å². The second kappa shape index (κ2) is 18.1. The molecule has 0 spiro atoms. The van der Waals surface area contributed by atoms with Gasteiger partial charge in [0.25, 0.3) is 0 Å². The Morgan fingerprint density at radius 3 is 2.02 bits per heavy atom. The summed E-state index contributed by atoms with van der Waals surface area (Å²) in [5, 5.41) is -0.0365. The molecule has 292 valence electrons. The van der Waals surface area contributed by atoms with Gasteiger partial charge in [0.1, 0.15) is 22.8 Å². The summed E-state index contributed by atoms with van der Waals surface area (Å²) >= 11 is 0. The highest BCUT2D eigenvalue weighted by Gasteiger charge is 2.61. The van der Waals surface area contributed by atoms with E-state index in [-0.39, 0.29) is 35.7 Å². The number of carbonyl (C=O) groups is 2. The first kappa shape index (κ1) is 43.7. The minimum absolute atomic E-state index is 0.0365. The monoisotopic (exact) mass is 758 g/mol. The Kier molecular flexibility index (Phi) is 15.2. The molecule has 0 N–H and O–H groups in total. The average molecular weight is 759 g/mol. The van der Waals surface area contributed by atoms with Gasteiger partial charge in [-0.2, -0.15) is 0 Å². The number of methoxy groups -OCH3 is 2. The summed E-state index contributed by atoms with van der Waals surface area (Å²) in [4.78, 5) is 26.0. The Morgan fingerprint density at radius 2 is 1.52 bits per heavy atom. The van der Waals surface area contributed by atoms with Gasteiger partial charge in [-0.05, 0) is 84.9 Å². The molecule has 3 rings (SSSR count). The predicted molar refractivity (Wildman–Crippen MR) is 212 cm³/mol. The number of furan rings is 1. The Morgan fingerprint density at radius 1 is 0.923 bits per heavy atom. The Labute approximate surface area is 315 Å². The standard InChI is InChI=1S/C41H66O9Si2/c1-16-47-39(42)29(8)23-32-24-34(40(43)45-13)36(48-32)35-33(21-22-46-25-30-17-19-31(44-12)20-18-30)37(49-51(14,15)41(9,10)11)38(35)50-52(26(2)3,27(4)5)28(6)7/h17-20,23-24,26-28,33,35,37-38H,16,21-22,25H2,1-15H3/b29-23+/t33-,35+,37-,38-/m1/s1. The van der Waals surface area contributed by atoms with Crippen LogP contribution in [0, 0.1) is 5.92 Å². The third-order valence-corrected chi connectivity index (χ3v) is 21.9. The quantitative estimate of drug-likeness (QED) is 0.0636. The average Bonchev–Trinajstić information content (AvgIpc) is 3.47. The normalized spacial score (nSPS) is 20.0. The van der Waals surface area contributed by atoms with E-state index in [0.717, 1.165) is 11.3 Å². The lowest BCUT2D eigenvalue weighted by Gasteiger charge is -2.58. The first-order chi connectivity index (χ1) is 24.2. The fourth-order valence-corrected chi connectivity index (χ4v) is 14.5. The summed E-state index contributed by atoms with van der Waals surface area (Å²) in [7, 11) is -1.72. The van der Waals surface area contributed by atoms with Crippen LogP contribution >= 0.6 is 0 Å². The second-order valence-electron chi connectivity index (χ2n) is 16.6. The van der Waals surface area contributed by atoms with E-state index in [1.54, 1.807) is 33.1 Å². The van der Waals surface area contributed by atoms with Crippen molar-refractivity contribution in [2.45, 2.75) is 142 Å². The molecular weight excluding hydrogens is 693 g/mol. The molecule has 0 bridgehead atoms. The van der Waals surface area contributed by atoms with Crippen LogP contribution in [-0.2, 0) is 34.5 Å². The molecule has 11 heteroatoms. The number of hydrogen-bond donors (Lipinski definition) is 0. The molecule has 0 unspecified atom stereocenters. The molecule has 1 aliphatic rings. The number of hydrogen-bond acceptors (Lipinski definition) is 9. The van der Waals surface area contributed by atoms with Crippen LogP contribution in [0.3, 0.4) is 0 Å². The van der Waals surface area contributed by atoms with E-state index in [4.69, 9.17) is 32.2 Å². The fourth-order valence-electron chi connectivity index (χ4n) is 7.56. The summed E-state index contributed by atoms with van der Waals surface area (Å²) in [6.45, 7) is 29.6. The fraction of sp³-hybridized carbons (Fsp3) is 0.659. The maximum Gasteiger partial charge on any atom is 0.341 e. The van der Waals surface area contributed by atoms with Crippen LogP contribution in [0.25, 0.3) is 6.08 Å². The Hall–Kier alpha value is -2.71. The molecule has 1 heterocycles. The van der Waals surface area contributed by atoms with Gasteiger partial charge in [0.2, 0.25) is 8.32 Å². The molecule has 2 aromatic rings. The molecule has 1 saturated carbocycles. The lowest BCUT2D eigenvalue weighted by atomic mass is 9.65. The van der Waals surface area contributed by atoms with Gasteiger partial charge in [0.05, 0.1) is 45.6 Å².